The van der Waals surface area contributed by atoms with Crippen molar-refractivity contribution in [3.63, 3.8) is 0 Å². The number of benzene rings is 1. The summed E-state index contributed by atoms with van der Waals surface area (Å²) in [5.74, 6) is 0.919. The number of piperidine rings is 1. The van der Waals surface area contributed by atoms with Crippen LogP contribution in [-0.4, -0.2) is 78.2 Å². The number of nitrogens with one attached hydrogen (secondary N) is 1. The third kappa shape index (κ3) is 6.44. The van der Waals surface area contributed by atoms with Crippen LogP contribution < -0.4 is 10.1 Å². The molecule has 2 N–H and O–H groups in total. The molecule has 2 aliphatic heterocycles. The number of ether oxygens (including phenoxy) is 1. The Morgan fingerprint density at radius 3 is 2.47 bits per heavy atom. The number of rotatable bonds is 6. The quantitative estimate of drug-likeness (QED) is 0.735. The molecule has 0 radical (unpaired) electrons. The number of likely N-dealkylation sites (tertiary alicyclic amines) is 2. The fourth-order valence-corrected chi connectivity index (χ4v) is 4.56. The topological polar surface area (TPSA) is 82.1 Å². The minimum Gasteiger partial charge on any atom is -0.497 e. The second-order valence-corrected chi connectivity index (χ2v) is 8.73. The van der Waals surface area contributed by atoms with Crippen LogP contribution in [0.4, 0.5) is 0 Å². The van der Waals surface area contributed by atoms with Crippen LogP contribution in [0, 0.1) is 0 Å². The molecule has 0 saturated carbocycles. The van der Waals surface area contributed by atoms with Crippen molar-refractivity contribution in [3.8, 4) is 5.75 Å². The smallest absolute Gasteiger partial charge is 0.226 e. The summed E-state index contributed by atoms with van der Waals surface area (Å²) in [6.07, 6.45) is 4.34. The predicted octanol–water partition coefficient (Wildman–Crippen LogP) is 1.58. The number of carbonyl (C=O) groups excluding carboxylic acids is 2. The first kappa shape index (κ1) is 22.6. The van der Waals surface area contributed by atoms with Gasteiger partial charge >= 0.3 is 0 Å². The number of methoxy groups -OCH3 is 1. The van der Waals surface area contributed by atoms with Crippen LogP contribution in [0.3, 0.4) is 0 Å². The molecule has 2 heterocycles. The third-order valence-corrected chi connectivity index (χ3v) is 6.30. The zero-order valence-electron chi connectivity index (χ0n) is 18.2. The van der Waals surface area contributed by atoms with Crippen LogP contribution >= 0.6 is 0 Å². The van der Waals surface area contributed by atoms with E-state index in [9.17, 15) is 14.7 Å². The lowest BCUT2D eigenvalue weighted by molar-refractivity contribution is -0.130. The van der Waals surface area contributed by atoms with Crippen molar-refractivity contribution < 1.29 is 19.4 Å². The van der Waals surface area contributed by atoms with Gasteiger partial charge in [-0.15, -0.1) is 0 Å². The monoisotopic (exact) mass is 417 g/mol. The van der Waals surface area contributed by atoms with Gasteiger partial charge in [0, 0.05) is 45.7 Å². The molecule has 1 aromatic carbocycles. The van der Waals surface area contributed by atoms with Crippen molar-refractivity contribution in [2.75, 3.05) is 39.8 Å². The van der Waals surface area contributed by atoms with Crippen molar-refractivity contribution in [2.24, 2.45) is 0 Å². The van der Waals surface area contributed by atoms with Crippen LogP contribution in [0.2, 0.25) is 0 Å². The van der Waals surface area contributed by atoms with Gasteiger partial charge in [-0.05, 0) is 49.8 Å². The normalized spacial score (nSPS) is 23.6. The minimum atomic E-state index is -0.754. The average Bonchev–Trinajstić information content (AvgIpc) is 2.91. The van der Waals surface area contributed by atoms with Gasteiger partial charge in [0.25, 0.3) is 0 Å². The maximum atomic E-state index is 12.8. The second-order valence-electron chi connectivity index (χ2n) is 8.73. The highest BCUT2D eigenvalue weighted by Crippen LogP contribution is 2.25. The van der Waals surface area contributed by atoms with Crippen molar-refractivity contribution in [1.82, 2.24) is 15.1 Å². The Labute approximate surface area is 179 Å². The van der Waals surface area contributed by atoms with E-state index >= 15 is 0 Å². The van der Waals surface area contributed by atoms with E-state index in [-0.39, 0.29) is 17.9 Å². The molecule has 2 saturated heterocycles. The fraction of sp³-hybridized carbons (Fsp3) is 0.652. The van der Waals surface area contributed by atoms with Crippen LogP contribution in [0.5, 0.6) is 5.75 Å². The molecule has 166 valence electrons. The van der Waals surface area contributed by atoms with Gasteiger partial charge in [-0.25, -0.2) is 0 Å². The molecular formula is C23H35N3O4. The van der Waals surface area contributed by atoms with Crippen molar-refractivity contribution >= 4 is 11.8 Å². The van der Waals surface area contributed by atoms with Gasteiger partial charge in [0.05, 0.1) is 19.1 Å². The van der Waals surface area contributed by atoms with Crippen molar-refractivity contribution in [1.29, 1.82) is 0 Å². The van der Waals surface area contributed by atoms with E-state index < -0.39 is 5.60 Å². The number of hydrogen-bond acceptors (Lipinski definition) is 5. The molecule has 1 aromatic rings. The van der Waals surface area contributed by atoms with Gasteiger partial charge in [0.2, 0.25) is 11.8 Å². The second kappa shape index (κ2) is 10.3. The zero-order valence-corrected chi connectivity index (χ0v) is 18.2. The highest BCUT2D eigenvalue weighted by atomic mass is 16.5. The molecule has 0 aromatic heterocycles. The lowest BCUT2D eigenvalue weighted by Gasteiger charge is -2.38. The molecule has 2 amide bonds. The summed E-state index contributed by atoms with van der Waals surface area (Å²) in [7, 11) is 1.63. The fourth-order valence-electron chi connectivity index (χ4n) is 4.56. The van der Waals surface area contributed by atoms with Crippen LogP contribution in [0.1, 0.15) is 44.6 Å². The Kier molecular flexibility index (Phi) is 7.72. The molecule has 7 heteroatoms. The number of β-amino-alcohol motifs (C(OH)–C–C–N with tert-alkyl or cyclic N) is 1. The predicted molar refractivity (Wildman–Crippen MR) is 115 cm³/mol. The summed E-state index contributed by atoms with van der Waals surface area (Å²) >= 11 is 0. The van der Waals surface area contributed by atoms with Crippen molar-refractivity contribution in [3.05, 3.63) is 29.8 Å². The van der Waals surface area contributed by atoms with Gasteiger partial charge in [0.1, 0.15) is 5.75 Å². The van der Waals surface area contributed by atoms with Gasteiger partial charge in [-0.2, -0.15) is 0 Å². The van der Waals surface area contributed by atoms with Gasteiger partial charge in [-0.1, -0.05) is 12.1 Å². The molecule has 0 bridgehead atoms. The number of nitrogens with zero attached hydrogens (tertiary/aromatic N) is 2. The molecule has 7 nitrogen and oxygen atoms in total. The SMILES string of the molecule is COc1ccc(CC(=O)N2CCC[C@](O)(CN3CCC(NC(C)=O)CC3)CC2)cc1. The van der Waals surface area contributed by atoms with Crippen LogP contribution in [-0.2, 0) is 16.0 Å². The number of hydrogen-bond donors (Lipinski definition) is 2. The maximum absolute atomic E-state index is 12.8. The summed E-state index contributed by atoms with van der Waals surface area (Å²) < 4.78 is 5.17. The van der Waals surface area contributed by atoms with E-state index in [1.165, 1.54) is 0 Å². The van der Waals surface area contributed by atoms with Crippen LogP contribution in [0.15, 0.2) is 24.3 Å². The van der Waals surface area contributed by atoms with Gasteiger partial charge in [0.15, 0.2) is 0 Å². The first-order valence-electron chi connectivity index (χ1n) is 11.0. The summed E-state index contributed by atoms with van der Waals surface area (Å²) in [6.45, 7) is 5.25. The van der Waals surface area contributed by atoms with E-state index in [2.05, 4.69) is 10.2 Å². The van der Waals surface area contributed by atoms with E-state index in [1.807, 2.05) is 29.2 Å². The van der Waals surface area contributed by atoms with Crippen molar-refractivity contribution in [2.45, 2.75) is 57.1 Å². The molecular weight excluding hydrogens is 382 g/mol. The number of carbonyl (C=O) groups is 2. The lowest BCUT2D eigenvalue weighted by atomic mass is 9.93. The number of amides is 2. The molecule has 0 aliphatic carbocycles. The molecule has 2 aliphatic rings. The molecule has 1 atom stereocenters. The highest BCUT2D eigenvalue weighted by Gasteiger charge is 2.34. The van der Waals surface area contributed by atoms with E-state index in [1.54, 1.807) is 14.0 Å². The largest absolute Gasteiger partial charge is 0.497 e. The molecule has 30 heavy (non-hydrogen) atoms. The Hall–Kier alpha value is -2.12. The summed E-state index contributed by atoms with van der Waals surface area (Å²) in [5, 5.41) is 14.2. The zero-order chi connectivity index (χ0) is 21.6. The first-order chi connectivity index (χ1) is 14.4. The molecule has 0 spiro atoms. The summed E-state index contributed by atoms with van der Waals surface area (Å²) in [5.41, 5.74) is 0.220. The van der Waals surface area contributed by atoms with Gasteiger partial charge < -0.3 is 25.0 Å². The highest BCUT2D eigenvalue weighted by molar-refractivity contribution is 5.78. The Bertz CT molecular complexity index is 716. The molecule has 2 fully saturated rings. The van der Waals surface area contributed by atoms with E-state index in [0.717, 1.165) is 43.7 Å². The third-order valence-electron chi connectivity index (χ3n) is 6.30. The lowest BCUT2D eigenvalue weighted by Crippen LogP contribution is -2.50. The average molecular weight is 418 g/mol. The molecule has 3 rings (SSSR count). The summed E-state index contributed by atoms with van der Waals surface area (Å²) in [6, 6.07) is 7.84. The maximum Gasteiger partial charge on any atom is 0.226 e. The Morgan fingerprint density at radius 2 is 1.83 bits per heavy atom. The Balaban J connectivity index is 1.47. The number of aliphatic hydroxyl groups is 1. The Morgan fingerprint density at radius 1 is 1.13 bits per heavy atom. The van der Waals surface area contributed by atoms with Gasteiger partial charge in [-0.3, -0.25) is 9.59 Å². The first-order valence-corrected chi connectivity index (χ1v) is 11.0. The van der Waals surface area contributed by atoms with Crippen LogP contribution in [0.25, 0.3) is 0 Å². The molecule has 0 unspecified atom stereocenters. The van der Waals surface area contributed by atoms with E-state index in [4.69, 9.17) is 4.74 Å². The standard InChI is InChI=1S/C23H35N3O4/c1-18(27)24-20-8-13-25(14-9-20)17-23(29)10-3-12-26(15-11-23)22(28)16-19-4-6-21(30-2)7-5-19/h4-7,20,29H,3,8-17H2,1-2H3,(H,24,27)/t23-/m1/s1. The summed E-state index contributed by atoms with van der Waals surface area (Å²) in [4.78, 5) is 28.2. The minimum absolute atomic E-state index is 0.0234. The van der Waals surface area contributed by atoms with E-state index in [0.29, 0.717) is 38.9 Å².